The van der Waals surface area contributed by atoms with Gasteiger partial charge in [0.1, 0.15) is 0 Å². The third kappa shape index (κ3) is 3.18. The third-order valence-corrected chi connectivity index (χ3v) is 9.54. The second-order valence-corrected chi connectivity index (χ2v) is 9.97. The van der Waals surface area contributed by atoms with Gasteiger partial charge in [-0.3, -0.25) is 0 Å². The molecular formula is C22H23OP. The molecule has 122 valence electrons. The van der Waals surface area contributed by atoms with Crippen molar-refractivity contribution in [1.29, 1.82) is 0 Å². The van der Waals surface area contributed by atoms with Crippen LogP contribution in [0.2, 0.25) is 0 Å². The number of rotatable bonds is 6. The molecule has 0 bridgehead atoms. The Morgan fingerprint density at radius 2 is 1.00 bits per heavy atom. The molecule has 0 saturated carbocycles. The third-order valence-electron chi connectivity index (χ3n) is 4.66. The van der Waals surface area contributed by atoms with E-state index in [0.717, 1.165) is 0 Å². The van der Waals surface area contributed by atoms with Gasteiger partial charge in [0.25, 0.3) is 0 Å². The van der Waals surface area contributed by atoms with Crippen molar-refractivity contribution in [2.45, 2.75) is 13.3 Å². The number of ketones is 1. The second-order valence-electron chi connectivity index (χ2n) is 6.07. The predicted octanol–water partition coefficient (Wildman–Crippen LogP) is 3.69. The van der Waals surface area contributed by atoms with E-state index in [1.807, 2.05) is 25.1 Å². The molecule has 2 heteroatoms. The molecule has 3 aromatic rings. The number of carbonyl (C=O) groups is 1. The second kappa shape index (κ2) is 7.55. The van der Waals surface area contributed by atoms with Crippen molar-refractivity contribution in [2.75, 3.05) is 6.16 Å². The van der Waals surface area contributed by atoms with Crippen LogP contribution in [-0.2, 0) is 4.79 Å². The molecule has 0 aliphatic heterocycles. The Hall–Kier alpha value is -2.24. The summed E-state index contributed by atoms with van der Waals surface area (Å²) in [7, 11) is -2.36. The van der Waals surface area contributed by atoms with E-state index >= 15 is 0 Å². The zero-order chi connectivity index (χ0) is 16.8. The van der Waals surface area contributed by atoms with E-state index in [2.05, 4.69) is 72.8 Å². The number of benzene rings is 3. The summed E-state index contributed by atoms with van der Waals surface area (Å²) in [6.45, 7) is 1.96. The monoisotopic (exact) mass is 334 g/mol. The molecule has 0 aliphatic rings. The van der Waals surface area contributed by atoms with Crippen LogP contribution in [0.1, 0.15) is 13.3 Å². The van der Waals surface area contributed by atoms with E-state index < -0.39 is 7.26 Å². The van der Waals surface area contributed by atoms with Gasteiger partial charge in [0.2, 0.25) is 0 Å². The van der Waals surface area contributed by atoms with Crippen molar-refractivity contribution in [3.63, 3.8) is 0 Å². The minimum absolute atomic E-state index is 0.332. The first-order valence-electron chi connectivity index (χ1n) is 8.45. The normalized spacial score (nSPS) is 11.9. The van der Waals surface area contributed by atoms with Gasteiger partial charge in [0.05, 0.1) is 0 Å². The molecular weight excluding hydrogens is 311 g/mol. The molecule has 0 amide bonds. The summed E-state index contributed by atoms with van der Waals surface area (Å²) in [5.74, 6) is 0.332. The fraction of sp³-hybridized carbons (Fsp3) is 0.136. The average Bonchev–Trinajstić information content (AvgIpc) is 2.68. The maximum atomic E-state index is 12.6. The molecule has 24 heavy (non-hydrogen) atoms. The molecule has 0 aliphatic carbocycles. The molecule has 3 aromatic carbocycles. The van der Waals surface area contributed by atoms with Gasteiger partial charge in [-0.05, 0) is 0 Å². The molecule has 0 fully saturated rings. The van der Waals surface area contributed by atoms with Gasteiger partial charge in [-0.2, -0.15) is 0 Å². The Labute approximate surface area is 144 Å². The number of hydrogen-bond donors (Lipinski definition) is 0. The molecule has 0 saturated heterocycles. The van der Waals surface area contributed by atoms with Crippen molar-refractivity contribution >= 4 is 29.0 Å². The van der Waals surface area contributed by atoms with Gasteiger partial charge in [0.15, 0.2) is 0 Å². The summed E-state index contributed by atoms with van der Waals surface area (Å²) in [5.41, 5.74) is 0. The van der Waals surface area contributed by atoms with Crippen molar-refractivity contribution in [2.24, 2.45) is 0 Å². The Morgan fingerprint density at radius 1 is 0.667 bits per heavy atom. The first kappa shape index (κ1) is 16.6. The summed E-state index contributed by atoms with van der Waals surface area (Å²) < 4.78 is 0. The summed E-state index contributed by atoms with van der Waals surface area (Å²) >= 11 is 0. The first-order valence-corrected chi connectivity index (χ1v) is 10.7. The van der Waals surface area contributed by atoms with Crippen LogP contribution in [-0.4, -0.2) is 11.9 Å². The van der Waals surface area contributed by atoms with Crippen LogP contribution in [0.4, 0.5) is 0 Å². The zero-order valence-electron chi connectivity index (χ0n) is 14.0. The maximum absolute atomic E-state index is 12.6. The topological polar surface area (TPSA) is 17.1 Å². The van der Waals surface area contributed by atoms with E-state index in [9.17, 15) is 4.79 Å². The molecule has 0 N–H and O–H groups in total. The molecule has 3 rings (SSSR count). The van der Waals surface area contributed by atoms with Crippen molar-refractivity contribution in [3.05, 3.63) is 91.0 Å². The van der Waals surface area contributed by atoms with Gasteiger partial charge >= 0.3 is 144 Å². The average molecular weight is 334 g/mol. The van der Waals surface area contributed by atoms with Crippen LogP contribution in [0.25, 0.3) is 0 Å². The van der Waals surface area contributed by atoms with Crippen LogP contribution >= 0.6 is 7.26 Å². The van der Waals surface area contributed by atoms with Crippen molar-refractivity contribution < 1.29 is 4.79 Å². The Kier molecular flexibility index (Phi) is 5.23. The zero-order valence-corrected chi connectivity index (χ0v) is 15.0. The van der Waals surface area contributed by atoms with E-state index in [-0.39, 0.29) is 0 Å². The van der Waals surface area contributed by atoms with Gasteiger partial charge in [-0.15, -0.1) is 0 Å². The van der Waals surface area contributed by atoms with Crippen molar-refractivity contribution in [3.8, 4) is 0 Å². The van der Waals surface area contributed by atoms with Gasteiger partial charge in [-0.25, -0.2) is 0 Å². The Balaban J connectivity index is 2.30. The minimum atomic E-state index is -2.36. The van der Waals surface area contributed by atoms with E-state index in [1.165, 1.54) is 15.9 Å². The van der Waals surface area contributed by atoms with E-state index in [4.69, 9.17) is 0 Å². The fourth-order valence-corrected chi connectivity index (χ4v) is 8.13. The Morgan fingerprint density at radius 3 is 1.29 bits per heavy atom. The fourth-order valence-electron chi connectivity index (χ4n) is 3.39. The van der Waals surface area contributed by atoms with Crippen LogP contribution in [0.3, 0.4) is 0 Å². The van der Waals surface area contributed by atoms with Crippen LogP contribution < -0.4 is 15.9 Å². The van der Waals surface area contributed by atoms with Crippen LogP contribution in [0.15, 0.2) is 91.0 Å². The molecule has 1 nitrogen and oxygen atoms in total. The molecule has 0 atom stereocenters. The van der Waals surface area contributed by atoms with E-state index in [1.54, 1.807) is 0 Å². The SMILES string of the molecule is CCC(=O)C[PH](c1ccccc1)(c1ccccc1)c1ccccc1. The summed E-state index contributed by atoms with van der Waals surface area (Å²) in [6, 6.07) is 31.8. The molecule has 0 radical (unpaired) electrons. The van der Waals surface area contributed by atoms with Gasteiger partial charge in [0, 0.05) is 0 Å². The van der Waals surface area contributed by atoms with Gasteiger partial charge in [-0.1, -0.05) is 0 Å². The van der Waals surface area contributed by atoms with Crippen LogP contribution in [0, 0.1) is 0 Å². The Bertz CT molecular complexity index is 685. The summed E-state index contributed by atoms with van der Waals surface area (Å²) in [4.78, 5) is 12.6. The van der Waals surface area contributed by atoms with Crippen molar-refractivity contribution in [1.82, 2.24) is 0 Å². The summed E-state index contributed by atoms with van der Waals surface area (Å²) in [5, 5.41) is 3.89. The molecule has 0 unspecified atom stereocenters. The number of hydrogen-bond acceptors (Lipinski definition) is 1. The number of Topliss-reactive ketones (excluding diaryl/α,β-unsaturated/α-hetero) is 1. The van der Waals surface area contributed by atoms with Crippen LogP contribution in [0.5, 0.6) is 0 Å². The molecule has 0 heterocycles. The summed E-state index contributed by atoms with van der Waals surface area (Å²) in [6.07, 6.45) is 1.20. The standard InChI is InChI=1S/C22H23OP/c1-2-19(23)18-24(20-12-6-3-7-13-20,21-14-8-4-9-15-21)22-16-10-5-11-17-22/h3-17,24H,2,18H2,1H3. The molecule has 0 spiro atoms. The predicted molar refractivity (Wildman–Crippen MR) is 107 cm³/mol. The van der Waals surface area contributed by atoms with E-state index in [0.29, 0.717) is 18.4 Å². The quantitative estimate of drug-likeness (QED) is 0.628. The van der Waals surface area contributed by atoms with Gasteiger partial charge < -0.3 is 0 Å². The molecule has 0 aromatic heterocycles. The first-order chi connectivity index (χ1) is 11.8. The number of carbonyl (C=O) groups excluding carboxylic acids is 1.